The molecule has 1 aliphatic rings. The number of amides is 1. The summed E-state index contributed by atoms with van der Waals surface area (Å²) in [5.74, 6) is 1.23. The number of carbonyl (C=O) groups is 1. The molecule has 0 aromatic heterocycles. The quantitative estimate of drug-likeness (QED) is 0.710. The summed E-state index contributed by atoms with van der Waals surface area (Å²) in [4.78, 5) is 14.8. The smallest absolute Gasteiger partial charge is 0.227 e. The van der Waals surface area contributed by atoms with Crippen molar-refractivity contribution < 1.29 is 23.4 Å². The Morgan fingerprint density at radius 1 is 1.04 bits per heavy atom. The molecule has 144 valence electrons. The van der Waals surface area contributed by atoms with E-state index in [4.69, 9.17) is 14.2 Å². The fourth-order valence-electron chi connectivity index (χ4n) is 3.15. The minimum absolute atomic E-state index is 0.00367. The zero-order valence-electron chi connectivity index (χ0n) is 15.8. The number of ether oxygens (including phenoxy) is 3. The molecule has 0 spiro atoms. The first-order valence-corrected chi connectivity index (χ1v) is 8.88. The summed E-state index contributed by atoms with van der Waals surface area (Å²) in [7, 11) is 4.63. The molecule has 2 aromatic rings. The molecule has 0 saturated heterocycles. The Kier molecular flexibility index (Phi) is 5.84. The van der Waals surface area contributed by atoms with Crippen LogP contribution in [0.5, 0.6) is 17.2 Å². The van der Waals surface area contributed by atoms with Gasteiger partial charge in [0.25, 0.3) is 0 Å². The highest BCUT2D eigenvalue weighted by atomic mass is 19.1. The molecule has 1 fully saturated rings. The first-order chi connectivity index (χ1) is 13.0. The highest BCUT2D eigenvalue weighted by Gasteiger charge is 2.32. The predicted octanol–water partition coefficient (Wildman–Crippen LogP) is 3.59. The van der Waals surface area contributed by atoms with Gasteiger partial charge in [-0.1, -0.05) is 12.1 Å². The molecule has 27 heavy (non-hydrogen) atoms. The van der Waals surface area contributed by atoms with E-state index in [9.17, 15) is 9.18 Å². The lowest BCUT2D eigenvalue weighted by atomic mass is 10.1. The standard InChI is InChI=1S/C21H24FNO4/c1-25-18-10-15(11-19(26-2)21(18)27-3)12-20(24)23(17-7-8-17)13-14-5-4-6-16(22)9-14/h4-6,9-11,17H,7-8,12-13H2,1-3H3. The average molecular weight is 373 g/mol. The van der Waals surface area contributed by atoms with Gasteiger partial charge in [-0.3, -0.25) is 4.79 Å². The predicted molar refractivity (Wildman–Crippen MR) is 99.8 cm³/mol. The number of carbonyl (C=O) groups excluding carboxylic acids is 1. The average Bonchev–Trinajstić information content (AvgIpc) is 3.50. The topological polar surface area (TPSA) is 48.0 Å². The fraction of sp³-hybridized carbons (Fsp3) is 0.381. The molecular weight excluding hydrogens is 349 g/mol. The molecule has 0 aliphatic heterocycles. The van der Waals surface area contributed by atoms with Crippen LogP contribution in [-0.2, 0) is 17.8 Å². The Bertz CT molecular complexity index is 795. The van der Waals surface area contributed by atoms with Crippen LogP contribution in [0.3, 0.4) is 0 Å². The van der Waals surface area contributed by atoms with Gasteiger partial charge in [0.05, 0.1) is 27.8 Å². The van der Waals surface area contributed by atoms with Crippen molar-refractivity contribution in [2.45, 2.75) is 31.8 Å². The lowest BCUT2D eigenvalue weighted by molar-refractivity contribution is -0.131. The first kappa shape index (κ1) is 19.0. The lowest BCUT2D eigenvalue weighted by Gasteiger charge is -2.23. The molecule has 3 rings (SSSR count). The number of hydrogen-bond acceptors (Lipinski definition) is 4. The molecule has 0 N–H and O–H groups in total. The van der Waals surface area contributed by atoms with Crippen LogP contribution in [0.2, 0.25) is 0 Å². The number of nitrogens with zero attached hydrogens (tertiary/aromatic N) is 1. The summed E-state index contributed by atoms with van der Waals surface area (Å²) < 4.78 is 29.5. The maximum atomic E-state index is 13.5. The van der Waals surface area contributed by atoms with Crippen molar-refractivity contribution in [3.8, 4) is 17.2 Å². The largest absolute Gasteiger partial charge is 0.493 e. The second-order valence-corrected chi connectivity index (χ2v) is 6.59. The van der Waals surface area contributed by atoms with E-state index in [0.29, 0.717) is 23.8 Å². The Morgan fingerprint density at radius 2 is 1.70 bits per heavy atom. The number of halogens is 1. The van der Waals surface area contributed by atoms with Crippen molar-refractivity contribution >= 4 is 5.91 Å². The number of methoxy groups -OCH3 is 3. The van der Waals surface area contributed by atoms with Gasteiger partial charge in [0, 0.05) is 12.6 Å². The number of rotatable bonds is 8. The molecule has 5 nitrogen and oxygen atoms in total. The van der Waals surface area contributed by atoms with Crippen molar-refractivity contribution in [1.82, 2.24) is 4.90 Å². The van der Waals surface area contributed by atoms with Gasteiger partial charge in [-0.2, -0.15) is 0 Å². The molecule has 1 saturated carbocycles. The van der Waals surface area contributed by atoms with Crippen molar-refractivity contribution in [2.75, 3.05) is 21.3 Å². The third kappa shape index (κ3) is 4.51. The highest BCUT2D eigenvalue weighted by Crippen LogP contribution is 2.38. The van der Waals surface area contributed by atoms with Crippen LogP contribution < -0.4 is 14.2 Å². The van der Waals surface area contributed by atoms with E-state index in [1.807, 2.05) is 11.0 Å². The van der Waals surface area contributed by atoms with Crippen LogP contribution in [0.1, 0.15) is 24.0 Å². The normalized spacial score (nSPS) is 13.2. The van der Waals surface area contributed by atoms with Crippen molar-refractivity contribution in [2.24, 2.45) is 0 Å². The van der Waals surface area contributed by atoms with Crippen LogP contribution in [0, 0.1) is 5.82 Å². The first-order valence-electron chi connectivity index (χ1n) is 8.88. The van der Waals surface area contributed by atoms with Gasteiger partial charge in [-0.05, 0) is 48.2 Å². The maximum Gasteiger partial charge on any atom is 0.227 e. The maximum absolute atomic E-state index is 13.5. The summed E-state index contributed by atoms with van der Waals surface area (Å²) in [6.45, 7) is 0.408. The van der Waals surface area contributed by atoms with E-state index in [1.54, 1.807) is 39.5 Å². The Balaban J connectivity index is 1.80. The van der Waals surface area contributed by atoms with Gasteiger partial charge in [-0.15, -0.1) is 0 Å². The monoisotopic (exact) mass is 373 g/mol. The van der Waals surface area contributed by atoms with Crippen LogP contribution in [-0.4, -0.2) is 38.2 Å². The van der Waals surface area contributed by atoms with Crippen LogP contribution >= 0.6 is 0 Å². The molecule has 0 radical (unpaired) electrons. The van der Waals surface area contributed by atoms with Crippen molar-refractivity contribution in [1.29, 1.82) is 0 Å². The molecular formula is C21H24FNO4. The second kappa shape index (κ2) is 8.29. The zero-order chi connectivity index (χ0) is 19.4. The van der Waals surface area contributed by atoms with Crippen LogP contribution in [0.15, 0.2) is 36.4 Å². The zero-order valence-corrected chi connectivity index (χ0v) is 15.8. The summed E-state index contributed by atoms with van der Waals surface area (Å²) in [6, 6.07) is 10.2. The van der Waals surface area contributed by atoms with E-state index in [0.717, 1.165) is 24.0 Å². The van der Waals surface area contributed by atoms with Gasteiger partial charge in [0.15, 0.2) is 11.5 Å². The van der Waals surface area contributed by atoms with E-state index in [1.165, 1.54) is 12.1 Å². The van der Waals surface area contributed by atoms with Crippen molar-refractivity contribution in [3.05, 3.63) is 53.3 Å². The summed E-state index contributed by atoms with van der Waals surface area (Å²) >= 11 is 0. The van der Waals surface area contributed by atoms with Crippen LogP contribution in [0.4, 0.5) is 4.39 Å². The third-order valence-corrected chi connectivity index (χ3v) is 4.63. The van der Waals surface area contributed by atoms with E-state index in [2.05, 4.69) is 0 Å². The molecule has 0 heterocycles. The molecule has 0 atom stereocenters. The Morgan fingerprint density at radius 3 is 2.22 bits per heavy atom. The lowest BCUT2D eigenvalue weighted by Crippen LogP contribution is -2.33. The SMILES string of the molecule is COc1cc(CC(=O)N(Cc2cccc(F)c2)C2CC2)cc(OC)c1OC. The fourth-order valence-corrected chi connectivity index (χ4v) is 3.15. The van der Waals surface area contributed by atoms with Gasteiger partial charge in [0.2, 0.25) is 11.7 Å². The second-order valence-electron chi connectivity index (χ2n) is 6.59. The van der Waals surface area contributed by atoms with Crippen LogP contribution in [0.25, 0.3) is 0 Å². The Labute approximate surface area is 158 Å². The Hall–Kier alpha value is -2.76. The van der Waals surface area contributed by atoms with Gasteiger partial charge in [-0.25, -0.2) is 4.39 Å². The summed E-state index contributed by atoms with van der Waals surface area (Å²) in [5.41, 5.74) is 1.57. The minimum Gasteiger partial charge on any atom is -0.493 e. The molecule has 0 bridgehead atoms. The molecule has 6 heteroatoms. The molecule has 1 amide bonds. The highest BCUT2D eigenvalue weighted by molar-refractivity contribution is 5.80. The van der Waals surface area contributed by atoms with Gasteiger partial charge in [0.1, 0.15) is 5.82 Å². The number of benzene rings is 2. The van der Waals surface area contributed by atoms with E-state index < -0.39 is 0 Å². The molecule has 2 aromatic carbocycles. The molecule has 1 aliphatic carbocycles. The summed E-state index contributed by atoms with van der Waals surface area (Å²) in [6.07, 6.45) is 2.18. The molecule has 0 unspecified atom stereocenters. The summed E-state index contributed by atoms with van der Waals surface area (Å²) in [5, 5.41) is 0. The third-order valence-electron chi connectivity index (χ3n) is 4.63. The van der Waals surface area contributed by atoms with E-state index in [-0.39, 0.29) is 24.2 Å². The van der Waals surface area contributed by atoms with Gasteiger partial charge >= 0.3 is 0 Å². The minimum atomic E-state index is -0.291. The van der Waals surface area contributed by atoms with E-state index >= 15 is 0 Å². The van der Waals surface area contributed by atoms with Crippen molar-refractivity contribution in [3.63, 3.8) is 0 Å². The van der Waals surface area contributed by atoms with Gasteiger partial charge < -0.3 is 19.1 Å². The number of hydrogen-bond donors (Lipinski definition) is 0.